The number of hydrogen-bond donors (Lipinski definition) is 1. The SMILES string of the molecule is CCc1cnc(N2CCC(n3cc(F)c4c(Cc5cc(F)c(C(=O)O)cc5F)ncnc43)CC2)nc1. The number of fused-ring (bicyclic) bond motifs is 1. The first kappa shape index (κ1) is 23.7. The quantitative estimate of drug-likeness (QED) is 0.424. The van der Waals surface area contributed by atoms with Crippen molar-refractivity contribution in [1.82, 2.24) is 24.5 Å². The van der Waals surface area contributed by atoms with E-state index in [9.17, 15) is 13.6 Å². The molecular weight excluding hydrogens is 473 g/mol. The van der Waals surface area contributed by atoms with Crippen molar-refractivity contribution in [3.05, 3.63) is 76.9 Å². The molecule has 4 heterocycles. The first-order valence-corrected chi connectivity index (χ1v) is 11.6. The Morgan fingerprint density at radius 1 is 1.03 bits per heavy atom. The molecule has 0 unspecified atom stereocenters. The normalized spacial score (nSPS) is 14.5. The molecule has 0 amide bonds. The van der Waals surface area contributed by atoms with Crippen LogP contribution in [0.2, 0.25) is 0 Å². The largest absolute Gasteiger partial charge is 0.478 e. The van der Waals surface area contributed by atoms with Gasteiger partial charge in [-0.2, -0.15) is 0 Å². The molecule has 0 atom stereocenters. The van der Waals surface area contributed by atoms with Crippen molar-refractivity contribution in [2.45, 2.75) is 38.6 Å². The molecule has 0 spiro atoms. The number of carboxylic acid groups (broad SMARTS) is 1. The van der Waals surface area contributed by atoms with Crippen LogP contribution in [0.3, 0.4) is 0 Å². The molecule has 186 valence electrons. The standard InChI is InChI=1S/C25H23F3N6O2/c1-2-14-10-29-25(30-11-14)33-5-3-16(4-6-33)34-12-20(28)22-21(31-13-32-23(22)34)8-15-7-19(27)17(24(35)36)9-18(15)26/h7,9-13,16H,2-6,8H2,1H3,(H,35,36). The lowest BCUT2D eigenvalue weighted by atomic mass is 10.0. The van der Waals surface area contributed by atoms with Crippen LogP contribution in [0.25, 0.3) is 11.0 Å². The van der Waals surface area contributed by atoms with Gasteiger partial charge in [0.1, 0.15) is 23.6 Å². The van der Waals surface area contributed by atoms with Crippen LogP contribution in [-0.4, -0.2) is 48.7 Å². The van der Waals surface area contributed by atoms with E-state index in [-0.39, 0.29) is 29.1 Å². The van der Waals surface area contributed by atoms with Crippen molar-refractivity contribution in [3.63, 3.8) is 0 Å². The topological polar surface area (TPSA) is 97.0 Å². The molecule has 0 aliphatic carbocycles. The number of piperidine rings is 1. The molecule has 1 aromatic carbocycles. The highest BCUT2D eigenvalue weighted by atomic mass is 19.1. The van der Waals surface area contributed by atoms with E-state index < -0.39 is 29.0 Å². The smallest absolute Gasteiger partial charge is 0.338 e. The van der Waals surface area contributed by atoms with Crippen molar-refractivity contribution in [3.8, 4) is 0 Å². The second-order valence-corrected chi connectivity index (χ2v) is 8.77. The number of aromatic nitrogens is 5. The number of benzene rings is 1. The van der Waals surface area contributed by atoms with Crippen molar-refractivity contribution >= 4 is 23.0 Å². The minimum atomic E-state index is -1.57. The monoisotopic (exact) mass is 496 g/mol. The van der Waals surface area contributed by atoms with Gasteiger partial charge in [0.2, 0.25) is 5.95 Å². The predicted octanol–water partition coefficient (Wildman–Crippen LogP) is 4.33. The summed E-state index contributed by atoms with van der Waals surface area (Å²) in [5.41, 5.74) is 0.757. The zero-order valence-corrected chi connectivity index (χ0v) is 19.5. The fourth-order valence-electron chi connectivity index (χ4n) is 4.62. The van der Waals surface area contributed by atoms with Crippen LogP contribution < -0.4 is 4.90 Å². The number of anilines is 1. The zero-order valence-electron chi connectivity index (χ0n) is 19.5. The first-order valence-electron chi connectivity index (χ1n) is 11.6. The minimum Gasteiger partial charge on any atom is -0.478 e. The summed E-state index contributed by atoms with van der Waals surface area (Å²) in [5.74, 6) is -3.42. The van der Waals surface area contributed by atoms with E-state index in [2.05, 4.69) is 24.8 Å². The fraction of sp³-hybridized carbons (Fsp3) is 0.320. The molecule has 1 N–H and O–H groups in total. The van der Waals surface area contributed by atoms with Crippen LogP contribution in [0.5, 0.6) is 0 Å². The average molecular weight is 496 g/mol. The molecule has 1 saturated heterocycles. The number of rotatable bonds is 6. The number of halogens is 3. The summed E-state index contributed by atoms with van der Waals surface area (Å²) in [6, 6.07) is 1.42. The highest BCUT2D eigenvalue weighted by Gasteiger charge is 2.26. The molecule has 0 saturated carbocycles. The molecule has 3 aromatic heterocycles. The third-order valence-electron chi connectivity index (χ3n) is 6.61. The van der Waals surface area contributed by atoms with Gasteiger partial charge in [0.15, 0.2) is 5.82 Å². The lowest BCUT2D eigenvalue weighted by Crippen LogP contribution is -2.35. The van der Waals surface area contributed by atoms with E-state index in [0.29, 0.717) is 30.8 Å². The van der Waals surface area contributed by atoms with Gasteiger partial charge in [0, 0.05) is 44.1 Å². The number of nitrogens with zero attached hydrogens (tertiary/aromatic N) is 6. The third-order valence-corrected chi connectivity index (χ3v) is 6.61. The predicted molar refractivity (Wildman–Crippen MR) is 126 cm³/mol. The molecule has 0 bridgehead atoms. The lowest BCUT2D eigenvalue weighted by molar-refractivity contribution is 0.0691. The summed E-state index contributed by atoms with van der Waals surface area (Å²) in [6.07, 6.45) is 8.39. The molecule has 0 radical (unpaired) electrons. The summed E-state index contributed by atoms with van der Waals surface area (Å²) < 4.78 is 45.5. The van der Waals surface area contributed by atoms with Gasteiger partial charge in [-0.15, -0.1) is 0 Å². The van der Waals surface area contributed by atoms with Crippen LogP contribution >= 0.6 is 0 Å². The Hall–Kier alpha value is -4.02. The third kappa shape index (κ3) is 4.36. The van der Waals surface area contributed by atoms with E-state index in [0.717, 1.165) is 30.9 Å². The molecule has 1 aliphatic heterocycles. The Kier molecular flexibility index (Phi) is 6.29. The molecule has 4 aromatic rings. The van der Waals surface area contributed by atoms with E-state index in [1.54, 1.807) is 4.57 Å². The number of aromatic carboxylic acids is 1. The second-order valence-electron chi connectivity index (χ2n) is 8.77. The maximum Gasteiger partial charge on any atom is 0.338 e. The van der Waals surface area contributed by atoms with Crippen molar-refractivity contribution in [2.24, 2.45) is 0 Å². The molecule has 36 heavy (non-hydrogen) atoms. The van der Waals surface area contributed by atoms with E-state index >= 15 is 4.39 Å². The molecule has 5 rings (SSSR count). The number of hydrogen-bond acceptors (Lipinski definition) is 6. The molecule has 1 aliphatic rings. The number of carbonyl (C=O) groups is 1. The van der Waals surface area contributed by atoms with Crippen molar-refractivity contribution < 1.29 is 23.1 Å². The maximum atomic E-state index is 15.1. The highest BCUT2D eigenvalue weighted by Crippen LogP contribution is 2.31. The van der Waals surface area contributed by atoms with Gasteiger partial charge in [-0.05, 0) is 42.5 Å². The van der Waals surface area contributed by atoms with Gasteiger partial charge in [0.25, 0.3) is 0 Å². The minimum absolute atomic E-state index is 0.0186. The fourth-order valence-corrected chi connectivity index (χ4v) is 4.62. The Balaban J connectivity index is 1.39. The number of aryl methyl sites for hydroxylation is 1. The van der Waals surface area contributed by atoms with Crippen LogP contribution in [-0.2, 0) is 12.8 Å². The summed E-state index contributed by atoms with van der Waals surface area (Å²) >= 11 is 0. The molecule has 8 nitrogen and oxygen atoms in total. The summed E-state index contributed by atoms with van der Waals surface area (Å²) in [6.45, 7) is 3.43. The molecular formula is C25H23F3N6O2. The van der Waals surface area contributed by atoms with E-state index in [1.165, 1.54) is 12.5 Å². The molecule has 11 heteroatoms. The molecule has 1 fully saturated rings. The number of carboxylic acids is 1. The average Bonchev–Trinajstić information content (AvgIpc) is 3.23. The Labute approximate surface area is 204 Å². The van der Waals surface area contributed by atoms with Crippen molar-refractivity contribution in [1.29, 1.82) is 0 Å². The summed E-state index contributed by atoms with van der Waals surface area (Å²) in [4.78, 5) is 30.4. The van der Waals surface area contributed by atoms with Gasteiger partial charge in [-0.25, -0.2) is 37.9 Å². The van der Waals surface area contributed by atoms with Crippen molar-refractivity contribution in [2.75, 3.05) is 18.0 Å². The Morgan fingerprint density at radius 2 is 1.75 bits per heavy atom. The van der Waals surface area contributed by atoms with E-state index in [4.69, 9.17) is 5.11 Å². The lowest BCUT2D eigenvalue weighted by Gasteiger charge is -2.32. The Bertz CT molecular complexity index is 1430. The summed E-state index contributed by atoms with van der Waals surface area (Å²) in [7, 11) is 0. The summed E-state index contributed by atoms with van der Waals surface area (Å²) in [5, 5.41) is 9.13. The van der Waals surface area contributed by atoms with Gasteiger partial charge < -0.3 is 14.6 Å². The Morgan fingerprint density at radius 3 is 2.42 bits per heavy atom. The van der Waals surface area contributed by atoms with Gasteiger partial charge in [0.05, 0.1) is 16.6 Å². The van der Waals surface area contributed by atoms with E-state index in [1.807, 2.05) is 19.3 Å². The highest BCUT2D eigenvalue weighted by molar-refractivity contribution is 5.88. The van der Waals surface area contributed by atoms with Crippen LogP contribution in [0.4, 0.5) is 19.1 Å². The van der Waals surface area contributed by atoms with Gasteiger partial charge >= 0.3 is 5.97 Å². The van der Waals surface area contributed by atoms with Gasteiger partial charge in [-0.1, -0.05) is 6.92 Å². The first-order chi connectivity index (χ1) is 17.4. The van der Waals surface area contributed by atoms with Crippen LogP contribution in [0, 0.1) is 17.5 Å². The zero-order chi connectivity index (χ0) is 25.4. The second kappa shape index (κ2) is 9.56. The van der Waals surface area contributed by atoms with Gasteiger partial charge in [-0.3, -0.25) is 0 Å². The van der Waals surface area contributed by atoms with Crippen LogP contribution in [0.1, 0.15) is 53.0 Å². The van der Waals surface area contributed by atoms with Crippen LogP contribution in [0.15, 0.2) is 37.1 Å². The maximum absolute atomic E-state index is 15.1.